The van der Waals surface area contributed by atoms with E-state index in [2.05, 4.69) is 5.32 Å². The topological polar surface area (TPSA) is 95.9 Å². The molecule has 0 aromatic heterocycles. The highest BCUT2D eigenvalue weighted by Crippen LogP contribution is 2.24. The van der Waals surface area contributed by atoms with Crippen molar-refractivity contribution in [3.8, 4) is 0 Å². The maximum absolute atomic E-state index is 13.8. The van der Waals surface area contributed by atoms with Gasteiger partial charge in [0.25, 0.3) is 0 Å². The highest BCUT2D eigenvalue weighted by Gasteiger charge is 2.24. The van der Waals surface area contributed by atoms with Crippen molar-refractivity contribution in [3.05, 3.63) is 71.0 Å². The van der Waals surface area contributed by atoms with E-state index in [-0.39, 0.29) is 30.7 Å². The number of hydrogen-bond donors (Lipinski definition) is 3. The first-order valence-electron chi connectivity index (χ1n) is 8.07. The number of halogens is 1. The maximum atomic E-state index is 13.8. The minimum atomic E-state index is -1.58. The molecule has 26 heavy (non-hydrogen) atoms. The average molecular weight is 361 g/mol. The van der Waals surface area contributed by atoms with E-state index in [1.807, 2.05) is 30.3 Å². The monoisotopic (exact) mass is 361 g/mol. The summed E-state index contributed by atoms with van der Waals surface area (Å²) in [6.07, 6.45) is -3.25. The lowest BCUT2D eigenvalue weighted by Gasteiger charge is -2.20. The quantitative estimate of drug-likeness (QED) is 0.627. The van der Waals surface area contributed by atoms with Gasteiger partial charge in [-0.25, -0.2) is 9.18 Å². The van der Waals surface area contributed by atoms with Gasteiger partial charge in [0.2, 0.25) is 0 Å². The van der Waals surface area contributed by atoms with Crippen LogP contribution in [-0.2, 0) is 11.3 Å². The predicted octanol–water partition coefficient (Wildman–Crippen LogP) is 2.35. The Labute approximate surface area is 150 Å². The summed E-state index contributed by atoms with van der Waals surface area (Å²) in [5, 5.41) is 22.6. The number of carbonyl (C=O) groups is 2. The number of hydrogen-bond acceptors (Lipinski definition) is 5. The fourth-order valence-electron chi connectivity index (χ4n) is 2.42. The lowest BCUT2D eigenvalue weighted by atomic mass is 9.97. The summed E-state index contributed by atoms with van der Waals surface area (Å²) in [7, 11) is 0. The predicted molar refractivity (Wildman–Crippen MR) is 92.0 cm³/mol. The molecule has 2 aromatic carbocycles. The number of amides is 1. The number of aldehydes is 1. The van der Waals surface area contributed by atoms with E-state index in [9.17, 15) is 24.2 Å². The molecule has 0 saturated carbocycles. The van der Waals surface area contributed by atoms with Gasteiger partial charge < -0.3 is 20.3 Å². The fourth-order valence-corrected chi connectivity index (χ4v) is 2.42. The molecule has 0 heterocycles. The van der Waals surface area contributed by atoms with Crippen molar-refractivity contribution < 1.29 is 28.9 Å². The molecule has 7 heteroatoms. The fraction of sp³-hybridized carbons (Fsp3) is 0.263. The highest BCUT2D eigenvalue weighted by atomic mass is 19.1. The summed E-state index contributed by atoms with van der Waals surface area (Å²) >= 11 is 0. The zero-order valence-electron chi connectivity index (χ0n) is 14.0. The normalized spacial score (nSPS) is 12.9. The Kier molecular flexibility index (Phi) is 7.25. The van der Waals surface area contributed by atoms with E-state index in [1.165, 1.54) is 12.1 Å². The Bertz CT molecular complexity index is 738. The molecule has 2 aromatic rings. The number of alkyl carbamates (subject to hydrolysis) is 1. The average Bonchev–Trinajstić information content (AvgIpc) is 2.66. The van der Waals surface area contributed by atoms with Gasteiger partial charge in [-0.1, -0.05) is 42.5 Å². The second kappa shape index (κ2) is 9.65. The zero-order chi connectivity index (χ0) is 18.9. The molecule has 2 atom stereocenters. The third kappa shape index (κ3) is 5.37. The van der Waals surface area contributed by atoms with E-state index < -0.39 is 24.1 Å². The van der Waals surface area contributed by atoms with Crippen molar-refractivity contribution in [2.24, 2.45) is 0 Å². The van der Waals surface area contributed by atoms with E-state index >= 15 is 0 Å². The molecule has 0 saturated heterocycles. The Morgan fingerprint density at radius 1 is 1.15 bits per heavy atom. The summed E-state index contributed by atoms with van der Waals surface area (Å²) in [6.45, 7) is 0.118. The maximum Gasteiger partial charge on any atom is 0.407 e. The van der Waals surface area contributed by atoms with Crippen LogP contribution in [0.25, 0.3) is 0 Å². The number of carbonyl (C=O) groups excluding carboxylic acids is 2. The van der Waals surface area contributed by atoms with Gasteiger partial charge in [-0.2, -0.15) is 0 Å². The van der Waals surface area contributed by atoms with E-state index in [0.717, 1.165) is 11.6 Å². The highest BCUT2D eigenvalue weighted by molar-refractivity contribution is 5.77. The number of nitrogens with one attached hydrogen (secondary N) is 1. The molecular weight excluding hydrogens is 341 g/mol. The molecule has 2 unspecified atom stereocenters. The molecule has 0 bridgehead atoms. The van der Waals surface area contributed by atoms with Crippen LogP contribution in [0.3, 0.4) is 0 Å². The Hall–Kier alpha value is -2.77. The lowest BCUT2D eigenvalue weighted by Crippen LogP contribution is -2.30. The Morgan fingerprint density at radius 3 is 2.58 bits per heavy atom. The molecule has 0 aliphatic heterocycles. The van der Waals surface area contributed by atoms with Crippen LogP contribution in [0.1, 0.15) is 34.0 Å². The molecule has 0 spiro atoms. The van der Waals surface area contributed by atoms with Gasteiger partial charge in [-0.05, 0) is 18.1 Å². The first-order chi connectivity index (χ1) is 12.5. The molecule has 0 radical (unpaired) electrons. The number of benzene rings is 2. The molecule has 0 aliphatic carbocycles. The number of aliphatic hydroxyl groups is 2. The van der Waals surface area contributed by atoms with Gasteiger partial charge >= 0.3 is 6.09 Å². The van der Waals surface area contributed by atoms with Crippen LogP contribution in [0.15, 0.2) is 48.5 Å². The summed E-state index contributed by atoms with van der Waals surface area (Å²) in [4.78, 5) is 22.6. The van der Waals surface area contributed by atoms with Crippen molar-refractivity contribution in [1.29, 1.82) is 0 Å². The third-order valence-electron chi connectivity index (χ3n) is 3.80. The molecular formula is C19H20FNO5. The summed E-state index contributed by atoms with van der Waals surface area (Å²) in [6, 6.07) is 12.9. The summed E-state index contributed by atoms with van der Waals surface area (Å²) in [5.74, 6) is -0.781. The van der Waals surface area contributed by atoms with Gasteiger partial charge in [0.15, 0.2) is 6.29 Å². The Morgan fingerprint density at radius 2 is 1.88 bits per heavy atom. The largest absolute Gasteiger partial charge is 0.445 e. The van der Waals surface area contributed by atoms with Crippen LogP contribution in [0.2, 0.25) is 0 Å². The van der Waals surface area contributed by atoms with E-state index in [0.29, 0.717) is 6.29 Å². The van der Waals surface area contributed by atoms with Gasteiger partial charge in [0.05, 0.1) is 6.10 Å². The van der Waals surface area contributed by atoms with Gasteiger partial charge in [0.1, 0.15) is 18.5 Å². The molecule has 1 amide bonds. The summed E-state index contributed by atoms with van der Waals surface area (Å²) in [5.41, 5.74) is 0.535. The van der Waals surface area contributed by atoms with Crippen LogP contribution in [-0.4, -0.2) is 35.2 Å². The Balaban J connectivity index is 1.80. The van der Waals surface area contributed by atoms with Crippen molar-refractivity contribution in [2.75, 3.05) is 6.54 Å². The van der Waals surface area contributed by atoms with Crippen molar-refractivity contribution in [2.45, 2.75) is 25.2 Å². The van der Waals surface area contributed by atoms with Gasteiger partial charge in [-0.15, -0.1) is 0 Å². The third-order valence-corrected chi connectivity index (χ3v) is 3.80. The molecule has 3 N–H and O–H groups in total. The lowest BCUT2D eigenvalue weighted by molar-refractivity contribution is 0.0113. The number of ether oxygens (including phenoxy) is 1. The van der Waals surface area contributed by atoms with Crippen LogP contribution >= 0.6 is 0 Å². The zero-order valence-corrected chi connectivity index (χ0v) is 14.0. The minimum Gasteiger partial charge on any atom is -0.445 e. The van der Waals surface area contributed by atoms with Crippen molar-refractivity contribution in [3.63, 3.8) is 0 Å². The minimum absolute atomic E-state index is 0.0106. The van der Waals surface area contributed by atoms with E-state index in [1.54, 1.807) is 0 Å². The molecule has 6 nitrogen and oxygen atoms in total. The second-order valence-corrected chi connectivity index (χ2v) is 5.65. The van der Waals surface area contributed by atoms with Gasteiger partial charge in [0, 0.05) is 17.7 Å². The van der Waals surface area contributed by atoms with Crippen LogP contribution in [0.4, 0.5) is 9.18 Å². The molecule has 138 valence electrons. The van der Waals surface area contributed by atoms with Crippen molar-refractivity contribution >= 4 is 12.4 Å². The first-order valence-corrected chi connectivity index (χ1v) is 8.07. The summed E-state index contributed by atoms with van der Waals surface area (Å²) < 4.78 is 18.9. The smallest absolute Gasteiger partial charge is 0.407 e. The van der Waals surface area contributed by atoms with Crippen LogP contribution in [0.5, 0.6) is 0 Å². The van der Waals surface area contributed by atoms with Crippen LogP contribution < -0.4 is 5.32 Å². The molecule has 0 fully saturated rings. The van der Waals surface area contributed by atoms with Gasteiger partial charge in [-0.3, -0.25) is 4.79 Å². The second-order valence-electron chi connectivity index (χ2n) is 5.65. The van der Waals surface area contributed by atoms with E-state index in [4.69, 9.17) is 4.74 Å². The first kappa shape index (κ1) is 19.6. The number of rotatable bonds is 8. The van der Waals surface area contributed by atoms with Crippen molar-refractivity contribution in [1.82, 2.24) is 5.32 Å². The molecule has 2 rings (SSSR count). The van der Waals surface area contributed by atoms with Crippen LogP contribution in [0, 0.1) is 5.82 Å². The standard InChI is InChI=1S/C19H20FNO5/c20-15-8-4-7-14(11-22)17(15)18(24)16(23)9-10-21-19(25)26-12-13-5-2-1-3-6-13/h1-8,11,16,18,23-24H,9-10,12H2,(H,21,25). The molecule has 0 aliphatic rings. The number of aliphatic hydroxyl groups excluding tert-OH is 2. The SMILES string of the molecule is O=Cc1cccc(F)c1C(O)C(O)CCNC(=O)OCc1ccccc1.